The number of nitrogens with one attached hydrogen (secondary N) is 2. The van der Waals surface area contributed by atoms with Crippen LogP contribution in [0.4, 0.5) is 24.0 Å². The Labute approximate surface area is 181 Å². The van der Waals surface area contributed by atoms with Crippen molar-refractivity contribution in [3.05, 3.63) is 53.6 Å². The fraction of sp³-hybridized carbons (Fsp3) is 0.350. The van der Waals surface area contributed by atoms with Crippen molar-refractivity contribution in [3.63, 3.8) is 0 Å². The average Bonchev–Trinajstić information content (AvgIpc) is 3.20. The third-order valence-corrected chi connectivity index (χ3v) is 5.39. The van der Waals surface area contributed by atoms with Gasteiger partial charge in [0, 0.05) is 43.8 Å². The topological polar surface area (TPSA) is 77.6 Å². The maximum atomic E-state index is 12.9. The third-order valence-electron chi connectivity index (χ3n) is 4.63. The number of benzene rings is 1. The van der Waals surface area contributed by atoms with E-state index in [0.29, 0.717) is 37.9 Å². The van der Waals surface area contributed by atoms with E-state index in [1.807, 2.05) is 4.90 Å². The van der Waals surface area contributed by atoms with Crippen molar-refractivity contribution in [1.82, 2.24) is 20.1 Å². The fourth-order valence-electron chi connectivity index (χ4n) is 3.04. The van der Waals surface area contributed by atoms with E-state index in [2.05, 4.69) is 22.2 Å². The summed E-state index contributed by atoms with van der Waals surface area (Å²) in [6, 6.07) is 4.79. The molecular formula is C20H22F3N5O2S. The number of anilines is 2. The molecule has 11 heteroatoms. The molecule has 0 spiro atoms. The molecule has 0 atom stereocenters. The fourth-order valence-corrected chi connectivity index (χ4v) is 3.75. The molecule has 1 aromatic carbocycles. The van der Waals surface area contributed by atoms with Crippen molar-refractivity contribution in [1.29, 1.82) is 0 Å². The average molecular weight is 453 g/mol. The molecule has 31 heavy (non-hydrogen) atoms. The van der Waals surface area contributed by atoms with Crippen LogP contribution in [0.1, 0.15) is 16.1 Å². The van der Waals surface area contributed by atoms with Crippen molar-refractivity contribution in [2.24, 2.45) is 0 Å². The number of carbonyl (C=O) groups excluding carboxylic acids is 2. The molecule has 2 heterocycles. The molecule has 1 aliphatic heterocycles. The SMILES string of the molecule is C=CCNC(=O)CN1CCN(C(=O)c2csc(Nc3cccc(C(F)(F)F)c3)n2)CC1. The molecular weight excluding hydrogens is 431 g/mol. The van der Waals surface area contributed by atoms with Crippen LogP contribution >= 0.6 is 11.3 Å². The predicted molar refractivity (Wildman–Crippen MR) is 112 cm³/mol. The molecule has 0 aliphatic carbocycles. The first-order valence-corrected chi connectivity index (χ1v) is 10.4. The zero-order valence-electron chi connectivity index (χ0n) is 16.6. The second-order valence-corrected chi connectivity index (χ2v) is 7.76. The zero-order chi connectivity index (χ0) is 22.4. The van der Waals surface area contributed by atoms with Crippen molar-refractivity contribution < 1.29 is 22.8 Å². The van der Waals surface area contributed by atoms with Crippen LogP contribution in [-0.4, -0.2) is 65.9 Å². The zero-order valence-corrected chi connectivity index (χ0v) is 17.4. The Morgan fingerprint density at radius 2 is 1.97 bits per heavy atom. The summed E-state index contributed by atoms with van der Waals surface area (Å²) in [5.74, 6) is -0.339. The molecule has 2 N–H and O–H groups in total. The molecule has 1 aromatic heterocycles. The van der Waals surface area contributed by atoms with E-state index in [-0.39, 0.29) is 29.7 Å². The number of rotatable bonds is 7. The van der Waals surface area contributed by atoms with Crippen molar-refractivity contribution in [2.75, 3.05) is 44.6 Å². The Balaban J connectivity index is 1.54. The number of hydrogen-bond acceptors (Lipinski definition) is 6. The minimum atomic E-state index is -4.43. The van der Waals surface area contributed by atoms with E-state index in [1.54, 1.807) is 16.4 Å². The highest BCUT2D eigenvalue weighted by molar-refractivity contribution is 7.14. The minimum Gasteiger partial charge on any atom is -0.352 e. The van der Waals surface area contributed by atoms with E-state index in [4.69, 9.17) is 0 Å². The number of thiazole rings is 1. The Hall–Kier alpha value is -2.92. The van der Waals surface area contributed by atoms with Gasteiger partial charge < -0.3 is 15.5 Å². The van der Waals surface area contributed by atoms with E-state index >= 15 is 0 Å². The number of aromatic nitrogens is 1. The summed E-state index contributed by atoms with van der Waals surface area (Å²) in [5, 5.41) is 7.44. The summed E-state index contributed by atoms with van der Waals surface area (Å²) in [5.41, 5.74) is -0.287. The van der Waals surface area contributed by atoms with Gasteiger partial charge in [0.25, 0.3) is 5.91 Å². The number of halogens is 3. The maximum Gasteiger partial charge on any atom is 0.416 e. The Bertz CT molecular complexity index is 939. The molecule has 0 bridgehead atoms. The first kappa shape index (κ1) is 22.8. The quantitative estimate of drug-likeness (QED) is 0.631. The lowest BCUT2D eigenvalue weighted by molar-refractivity contribution is -0.137. The van der Waals surface area contributed by atoms with Crippen LogP contribution in [-0.2, 0) is 11.0 Å². The summed E-state index contributed by atoms with van der Waals surface area (Å²) < 4.78 is 38.6. The van der Waals surface area contributed by atoms with Crippen LogP contribution in [0.5, 0.6) is 0 Å². The number of carbonyl (C=O) groups is 2. The first-order chi connectivity index (χ1) is 14.8. The molecule has 166 valence electrons. The number of nitrogens with zero attached hydrogens (tertiary/aromatic N) is 3. The molecule has 0 radical (unpaired) electrons. The van der Waals surface area contributed by atoms with Gasteiger partial charge in [-0.25, -0.2) is 4.98 Å². The first-order valence-electron chi connectivity index (χ1n) is 9.55. The standard InChI is InChI=1S/C20H22F3N5O2S/c1-2-6-24-17(29)12-27-7-9-28(10-8-27)18(30)16-13-31-19(26-16)25-15-5-3-4-14(11-15)20(21,22)23/h2-5,11,13H,1,6-10,12H2,(H,24,29)(H,25,26). The van der Waals surface area contributed by atoms with Gasteiger partial charge in [-0.15, -0.1) is 17.9 Å². The number of hydrogen-bond donors (Lipinski definition) is 2. The summed E-state index contributed by atoms with van der Waals surface area (Å²) in [7, 11) is 0. The summed E-state index contributed by atoms with van der Waals surface area (Å²) >= 11 is 1.14. The Kier molecular flexibility index (Phi) is 7.29. The summed E-state index contributed by atoms with van der Waals surface area (Å²) in [4.78, 5) is 32.3. The van der Waals surface area contributed by atoms with Crippen LogP contribution in [0.25, 0.3) is 0 Å². The van der Waals surface area contributed by atoms with Crippen LogP contribution in [0.3, 0.4) is 0 Å². The smallest absolute Gasteiger partial charge is 0.352 e. The van der Waals surface area contributed by atoms with Crippen LogP contribution in [0.2, 0.25) is 0 Å². The summed E-state index contributed by atoms with van der Waals surface area (Å²) in [6.07, 6.45) is -2.82. The maximum absolute atomic E-state index is 12.9. The lowest BCUT2D eigenvalue weighted by Crippen LogP contribution is -2.51. The van der Waals surface area contributed by atoms with Gasteiger partial charge in [0.1, 0.15) is 5.69 Å². The highest BCUT2D eigenvalue weighted by Crippen LogP contribution is 2.31. The second kappa shape index (κ2) is 9.92. The molecule has 2 amide bonds. The number of piperazine rings is 1. The van der Waals surface area contributed by atoms with E-state index in [0.717, 1.165) is 23.5 Å². The Morgan fingerprint density at radius 1 is 1.23 bits per heavy atom. The van der Waals surface area contributed by atoms with Crippen LogP contribution in [0, 0.1) is 0 Å². The van der Waals surface area contributed by atoms with Gasteiger partial charge in [-0.3, -0.25) is 14.5 Å². The van der Waals surface area contributed by atoms with Gasteiger partial charge in [0.15, 0.2) is 5.13 Å². The highest BCUT2D eigenvalue weighted by atomic mass is 32.1. The van der Waals surface area contributed by atoms with Gasteiger partial charge in [0.2, 0.25) is 5.91 Å². The van der Waals surface area contributed by atoms with Gasteiger partial charge in [-0.1, -0.05) is 12.1 Å². The van der Waals surface area contributed by atoms with Gasteiger partial charge in [-0.05, 0) is 18.2 Å². The second-order valence-electron chi connectivity index (χ2n) is 6.90. The van der Waals surface area contributed by atoms with E-state index < -0.39 is 11.7 Å². The van der Waals surface area contributed by atoms with Gasteiger partial charge in [0.05, 0.1) is 12.1 Å². The minimum absolute atomic E-state index is 0.0931. The lowest BCUT2D eigenvalue weighted by atomic mass is 10.2. The molecule has 1 aliphatic rings. The normalized spacial score (nSPS) is 14.9. The number of alkyl halides is 3. The molecule has 2 aromatic rings. The molecule has 1 fully saturated rings. The molecule has 0 saturated carbocycles. The number of amides is 2. The molecule has 7 nitrogen and oxygen atoms in total. The van der Waals surface area contributed by atoms with E-state index in [9.17, 15) is 22.8 Å². The van der Waals surface area contributed by atoms with Crippen molar-refractivity contribution in [3.8, 4) is 0 Å². The van der Waals surface area contributed by atoms with Gasteiger partial charge in [-0.2, -0.15) is 13.2 Å². The van der Waals surface area contributed by atoms with E-state index in [1.165, 1.54) is 12.1 Å². The monoisotopic (exact) mass is 453 g/mol. The largest absolute Gasteiger partial charge is 0.416 e. The Morgan fingerprint density at radius 3 is 2.65 bits per heavy atom. The third kappa shape index (κ3) is 6.28. The predicted octanol–water partition coefficient (Wildman–Crippen LogP) is 2.97. The lowest BCUT2D eigenvalue weighted by Gasteiger charge is -2.33. The van der Waals surface area contributed by atoms with Gasteiger partial charge >= 0.3 is 6.18 Å². The summed E-state index contributed by atoms with van der Waals surface area (Å²) in [6.45, 7) is 6.27. The van der Waals surface area contributed by atoms with Crippen molar-refractivity contribution in [2.45, 2.75) is 6.18 Å². The van der Waals surface area contributed by atoms with Crippen LogP contribution < -0.4 is 10.6 Å². The van der Waals surface area contributed by atoms with Crippen LogP contribution in [0.15, 0.2) is 42.3 Å². The highest BCUT2D eigenvalue weighted by Gasteiger charge is 2.30. The molecule has 1 saturated heterocycles. The van der Waals surface area contributed by atoms with Crippen molar-refractivity contribution >= 4 is 34.0 Å². The molecule has 3 rings (SSSR count). The molecule has 0 unspecified atom stereocenters.